The minimum Gasteiger partial charge on any atom is -0.363 e. The fourth-order valence-corrected chi connectivity index (χ4v) is 4.55. The molecule has 2 aliphatic rings. The summed E-state index contributed by atoms with van der Waals surface area (Å²) in [5, 5.41) is 0. The number of rotatable bonds is 5. The van der Waals surface area contributed by atoms with Crippen LogP contribution in [-0.4, -0.2) is 29.8 Å². The SMILES string of the molecule is C[N+](Cc1ccccc1)(Cc1ccccc1)[C@@H]1CCCC[C@H]2O[C@@H]12. The summed E-state index contributed by atoms with van der Waals surface area (Å²) in [6, 6.07) is 22.5. The van der Waals surface area contributed by atoms with E-state index in [-0.39, 0.29) is 0 Å². The maximum Gasteiger partial charge on any atom is 0.136 e. The molecule has 126 valence electrons. The minimum atomic E-state index is 0.477. The standard InChI is InChI=1S/C22H28NO/c1-23(16-18-10-4-2-5-11-18,17-19-12-6-3-7-13-19)20-14-8-9-15-21-22(20)24-21/h2-7,10-13,20-22H,8-9,14-17H2,1H3/q+1/t20-,21-,22+/m1/s1. The van der Waals surface area contributed by atoms with Crippen LogP contribution in [0.2, 0.25) is 0 Å². The fraction of sp³-hybridized carbons (Fsp3) is 0.455. The first-order valence-corrected chi connectivity index (χ1v) is 9.32. The lowest BCUT2D eigenvalue weighted by molar-refractivity contribution is -0.959. The summed E-state index contributed by atoms with van der Waals surface area (Å²) in [6.45, 7) is 2.15. The number of ether oxygens (including phenoxy) is 1. The average molecular weight is 322 g/mol. The molecule has 2 nitrogen and oxygen atoms in total. The highest BCUT2D eigenvalue weighted by molar-refractivity contribution is 5.16. The van der Waals surface area contributed by atoms with Gasteiger partial charge in [-0.05, 0) is 12.8 Å². The van der Waals surface area contributed by atoms with E-state index < -0.39 is 0 Å². The van der Waals surface area contributed by atoms with Gasteiger partial charge in [0.1, 0.15) is 25.2 Å². The van der Waals surface area contributed by atoms with Gasteiger partial charge in [-0.1, -0.05) is 67.1 Å². The number of quaternary nitrogens is 1. The third-order valence-corrected chi connectivity index (χ3v) is 5.81. The van der Waals surface area contributed by atoms with Gasteiger partial charge in [0.25, 0.3) is 0 Å². The van der Waals surface area contributed by atoms with Crippen LogP contribution in [0.3, 0.4) is 0 Å². The Morgan fingerprint density at radius 3 is 1.96 bits per heavy atom. The molecule has 0 radical (unpaired) electrons. The molecule has 1 aliphatic carbocycles. The first-order chi connectivity index (χ1) is 11.7. The predicted molar refractivity (Wildman–Crippen MR) is 97.4 cm³/mol. The topological polar surface area (TPSA) is 12.5 Å². The molecule has 3 atom stereocenters. The second kappa shape index (κ2) is 6.70. The smallest absolute Gasteiger partial charge is 0.136 e. The Labute approximate surface area is 145 Å². The Hall–Kier alpha value is -1.64. The molecule has 2 heteroatoms. The van der Waals surface area contributed by atoms with Crippen molar-refractivity contribution >= 4 is 0 Å². The van der Waals surface area contributed by atoms with Gasteiger partial charge in [0.2, 0.25) is 0 Å². The number of likely N-dealkylation sites (N-methyl/N-ethyl adjacent to an activating group) is 1. The van der Waals surface area contributed by atoms with Crippen molar-refractivity contribution in [2.24, 2.45) is 0 Å². The van der Waals surface area contributed by atoms with E-state index in [0.717, 1.165) is 17.6 Å². The van der Waals surface area contributed by atoms with Gasteiger partial charge in [-0.3, -0.25) is 0 Å². The molecule has 0 N–H and O–H groups in total. The Bertz CT molecular complexity index is 613. The number of benzene rings is 2. The normalized spacial score (nSPS) is 26.5. The Kier molecular flexibility index (Phi) is 4.43. The molecule has 0 aromatic heterocycles. The van der Waals surface area contributed by atoms with Gasteiger partial charge in [-0.25, -0.2) is 0 Å². The maximum atomic E-state index is 6.08. The molecule has 2 aromatic carbocycles. The first kappa shape index (κ1) is 15.9. The third kappa shape index (κ3) is 3.40. The molecule has 1 saturated carbocycles. The highest BCUT2D eigenvalue weighted by Gasteiger charge is 2.53. The number of hydrogen-bond acceptors (Lipinski definition) is 1. The molecule has 2 fully saturated rings. The van der Waals surface area contributed by atoms with Crippen LogP contribution >= 0.6 is 0 Å². The Morgan fingerprint density at radius 2 is 1.38 bits per heavy atom. The summed E-state index contributed by atoms with van der Waals surface area (Å²) >= 11 is 0. The molecule has 1 saturated heterocycles. The maximum absolute atomic E-state index is 6.08. The van der Waals surface area contributed by atoms with Crippen LogP contribution < -0.4 is 0 Å². The van der Waals surface area contributed by atoms with Crippen molar-refractivity contribution in [3.8, 4) is 0 Å². The zero-order valence-corrected chi connectivity index (χ0v) is 14.6. The van der Waals surface area contributed by atoms with E-state index >= 15 is 0 Å². The van der Waals surface area contributed by atoms with Crippen molar-refractivity contribution in [3.05, 3.63) is 71.8 Å². The lowest BCUT2D eigenvalue weighted by Gasteiger charge is -2.41. The second-order valence-electron chi connectivity index (χ2n) is 7.76. The summed E-state index contributed by atoms with van der Waals surface area (Å²) in [7, 11) is 2.44. The lowest BCUT2D eigenvalue weighted by Crippen LogP contribution is -2.53. The summed E-state index contributed by atoms with van der Waals surface area (Å²) in [5.41, 5.74) is 2.86. The van der Waals surface area contributed by atoms with E-state index in [0.29, 0.717) is 18.2 Å². The van der Waals surface area contributed by atoms with Crippen LogP contribution in [0.25, 0.3) is 0 Å². The zero-order valence-electron chi connectivity index (χ0n) is 14.6. The van der Waals surface area contributed by atoms with E-state index in [4.69, 9.17) is 4.74 Å². The van der Waals surface area contributed by atoms with Crippen LogP contribution in [0.4, 0.5) is 0 Å². The number of epoxide rings is 1. The molecular weight excluding hydrogens is 294 g/mol. The van der Waals surface area contributed by atoms with Crippen LogP contribution in [0.1, 0.15) is 36.8 Å². The van der Waals surface area contributed by atoms with Gasteiger partial charge < -0.3 is 9.22 Å². The molecule has 0 unspecified atom stereocenters. The van der Waals surface area contributed by atoms with Crippen LogP contribution in [0.5, 0.6) is 0 Å². The molecular formula is C22H28NO+. The Morgan fingerprint density at radius 1 is 0.833 bits per heavy atom. The summed E-state index contributed by atoms with van der Waals surface area (Å²) in [5.74, 6) is 0. The highest BCUT2D eigenvalue weighted by atomic mass is 16.6. The molecule has 1 heterocycles. The summed E-state index contributed by atoms with van der Waals surface area (Å²) < 4.78 is 7.13. The molecule has 2 aromatic rings. The van der Waals surface area contributed by atoms with Crippen molar-refractivity contribution in [2.75, 3.05) is 7.05 Å². The average Bonchev–Trinajstić information content (AvgIpc) is 3.36. The molecule has 0 bridgehead atoms. The second-order valence-corrected chi connectivity index (χ2v) is 7.76. The zero-order chi connectivity index (χ0) is 16.4. The van der Waals surface area contributed by atoms with Gasteiger partial charge in [0.15, 0.2) is 0 Å². The first-order valence-electron chi connectivity index (χ1n) is 9.32. The lowest BCUT2D eigenvalue weighted by atomic mass is 10.0. The van der Waals surface area contributed by atoms with Crippen molar-refractivity contribution in [1.82, 2.24) is 0 Å². The third-order valence-electron chi connectivity index (χ3n) is 5.81. The highest BCUT2D eigenvalue weighted by Crippen LogP contribution is 2.41. The molecule has 24 heavy (non-hydrogen) atoms. The number of nitrogens with zero attached hydrogens (tertiary/aromatic N) is 1. The van der Waals surface area contributed by atoms with E-state index in [9.17, 15) is 0 Å². The fourth-order valence-electron chi connectivity index (χ4n) is 4.55. The van der Waals surface area contributed by atoms with Gasteiger partial charge in [0.05, 0.1) is 13.2 Å². The molecule has 0 spiro atoms. The summed E-state index contributed by atoms with van der Waals surface area (Å²) in [4.78, 5) is 0. The van der Waals surface area contributed by atoms with Gasteiger partial charge in [0, 0.05) is 17.5 Å². The quantitative estimate of drug-likeness (QED) is 0.581. The van der Waals surface area contributed by atoms with E-state index in [1.165, 1.54) is 36.8 Å². The van der Waals surface area contributed by atoms with E-state index in [1.807, 2.05) is 0 Å². The van der Waals surface area contributed by atoms with Crippen molar-refractivity contribution < 1.29 is 9.22 Å². The van der Waals surface area contributed by atoms with Gasteiger partial charge in [-0.15, -0.1) is 0 Å². The molecule has 4 rings (SSSR count). The van der Waals surface area contributed by atoms with Crippen LogP contribution in [0.15, 0.2) is 60.7 Å². The number of fused-ring (bicyclic) bond motifs is 1. The van der Waals surface area contributed by atoms with Crippen LogP contribution in [-0.2, 0) is 17.8 Å². The van der Waals surface area contributed by atoms with Crippen molar-refractivity contribution in [1.29, 1.82) is 0 Å². The monoisotopic (exact) mass is 322 g/mol. The largest absolute Gasteiger partial charge is 0.363 e. The van der Waals surface area contributed by atoms with Gasteiger partial charge >= 0.3 is 0 Å². The van der Waals surface area contributed by atoms with Crippen LogP contribution in [0, 0.1) is 0 Å². The number of hydrogen-bond donors (Lipinski definition) is 0. The van der Waals surface area contributed by atoms with Gasteiger partial charge in [-0.2, -0.15) is 0 Å². The Balaban J connectivity index is 1.63. The molecule has 1 aliphatic heterocycles. The van der Waals surface area contributed by atoms with E-state index in [1.54, 1.807) is 0 Å². The predicted octanol–water partition coefficient (Wildman–Crippen LogP) is 4.54. The van der Waals surface area contributed by atoms with Crippen molar-refractivity contribution in [2.45, 2.75) is 57.0 Å². The minimum absolute atomic E-state index is 0.477. The molecule has 0 amide bonds. The summed E-state index contributed by atoms with van der Waals surface area (Å²) in [6.07, 6.45) is 6.23. The van der Waals surface area contributed by atoms with E-state index in [2.05, 4.69) is 67.7 Å². The van der Waals surface area contributed by atoms with Crippen molar-refractivity contribution in [3.63, 3.8) is 0 Å².